The minimum Gasteiger partial charge on any atom is -0.481 e. The molecule has 1 aliphatic rings. The highest BCUT2D eigenvalue weighted by molar-refractivity contribution is 7.90. The number of nitrogens with two attached hydrogens (primary N) is 1. The Hall–Kier alpha value is -1.49. The molecule has 1 aromatic carbocycles. The van der Waals surface area contributed by atoms with Gasteiger partial charge in [-0.15, -0.1) is 0 Å². The number of aliphatic carboxylic acids is 1. The molecule has 0 saturated carbocycles. The van der Waals surface area contributed by atoms with Crippen LogP contribution in [-0.2, 0) is 24.8 Å². The summed E-state index contributed by atoms with van der Waals surface area (Å²) in [7, 11) is -7.82. The van der Waals surface area contributed by atoms with Crippen molar-refractivity contribution < 1.29 is 26.7 Å². The summed E-state index contributed by atoms with van der Waals surface area (Å²) in [6, 6.07) is 4.77. The van der Waals surface area contributed by atoms with Gasteiger partial charge in [0, 0.05) is 13.1 Å². The molecule has 0 atom stereocenters. The van der Waals surface area contributed by atoms with E-state index in [9.17, 15) is 21.6 Å². The van der Waals surface area contributed by atoms with E-state index in [1.54, 1.807) is 0 Å². The third-order valence-corrected chi connectivity index (χ3v) is 5.90. The van der Waals surface area contributed by atoms with Gasteiger partial charge >= 0.3 is 5.97 Å². The van der Waals surface area contributed by atoms with Gasteiger partial charge in [-0.25, -0.2) is 22.0 Å². The zero-order valence-electron chi connectivity index (χ0n) is 10.8. The van der Waals surface area contributed by atoms with Gasteiger partial charge in [-0.2, -0.15) is 4.31 Å². The van der Waals surface area contributed by atoms with Crippen LogP contribution < -0.4 is 5.14 Å². The van der Waals surface area contributed by atoms with Crippen LogP contribution in [0.25, 0.3) is 0 Å². The van der Waals surface area contributed by atoms with E-state index in [1.165, 1.54) is 18.2 Å². The lowest BCUT2D eigenvalue weighted by Crippen LogP contribution is -2.50. The first-order valence-corrected chi connectivity index (χ1v) is 8.94. The second-order valence-corrected chi connectivity index (χ2v) is 8.31. The van der Waals surface area contributed by atoms with Gasteiger partial charge in [0.15, 0.2) is 0 Å². The minimum atomic E-state index is -3.99. The van der Waals surface area contributed by atoms with E-state index in [0.717, 1.165) is 10.4 Å². The normalized spacial score (nSPS) is 17.4. The summed E-state index contributed by atoms with van der Waals surface area (Å²) < 4.78 is 48.1. The summed E-state index contributed by atoms with van der Waals surface area (Å²) in [5.74, 6) is -1.20. The second-order valence-electron chi connectivity index (χ2n) is 4.81. The minimum absolute atomic E-state index is 0.0940. The van der Waals surface area contributed by atoms with Gasteiger partial charge in [-0.1, -0.05) is 6.07 Å². The van der Waals surface area contributed by atoms with Gasteiger partial charge in [0.1, 0.15) is 0 Å². The molecule has 21 heavy (non-hydrogen) atoms. The van der Waals surface area contributed by atoms with Gasteiger partial charge in [0.25, 0.3) is 0 Å². The molecule has 116 valence electrons. The van der Waals surface area contributed by atoms with Crippen molar-refractivity contribution in [2.24, 2.45) is 11.1 Å². The largest absolute Gasteiger partial charge is 0.481 e. The van der Waals surface area contributed by atoms with Crippen LogP contribution >= 0.6 is 0 Å². The number of sulfonamides is 2. The predicted molar refractivity (Wildman–Crippen MR) is 72.3 cm³/mol. The topological polar surface area (TPSA) is 135 Å². The average molecular weight is 334 g/mol. The van der Waals surface area contributed by atoms with Crippen molar-refractivity contribution in [2.75, 3.05) is 13.1 Å². The SMILES string of the molecule is NS(=O)(=O)c1cccc(S(=O)(=O)N2CC(CC(=O)O)C2)c1. The maximum absolute atomic E-state index is 12.3. The Morgan fingerprint density at radius 3 is 2.33 bits per heavy atom. The first-order chi connectivity index (χ1) is 9.60. The molecule has 1 saturated heterocycles. The number of hydrogen-bond donors (Lipinski definition) is 2. The van der Waals surface area contributed by atoms with E-state index in [2.05, 4.69) is 0 Å². The smallest absolute Gasteiger partial charge is 0.303 e. The lowest BCUT2D eigenvalue weighted by molar-refractivity contribution is -0.139. The fraction of sp³-hybridized carbons (Fsp3) is 0.364. The highest BCUT2D eigenvalue weighted by Gasteiger charge is 2.37. The highest BCUT2D eigenvalue weighted by atomic mass is 32.2. The van der Waals surface area contributed by atoms with Crippen molar-refractivity contribution >= 4 is 26.0 Å². The van der Waals surface area contributed by atoms with Gasteiger partial charge < -0.3 is 5.11 Å². The molecule has 8 nitrogen and oxygen atoms in total. The molecule has 10 heteroatoms. The maximum atomic E-state index is 12.3. The average Bonchev–Trinajstić information content (AvgIpc) is 2.32. The Morgan fingerprint density at radius 1 is 1.24 bits per heavy atom. The number of benzene rings is 1. The van der Waals surface area contributed by atoms with Crippen molar-refractivity contribution in [3.05, 3.63) is 24.3 Å². The van der Waals surface area contributed by atoms with E-state index >= 15 is 0 Å². The van der Waals surface area contributed by atoms with Gasteiger partial charge in [0.2, 0.25) is 20.0 Å². The first-order valence-electron chi connectivity index (χ1n) is 5.95. The molecule has 0 aromatic heterocycles. The fourth-order valence-electron chi connectivity index (χ4n) is 2.06. The van der Waals surface area contributed by atoms with Gasteiger partial charge in [-0.3, -0.25) is 4.79 Å². The summed E-state index contributed by atoms with van der Waals surface area (Å²) in [6.45, 7) is 0.211. The number of carbonyl (C=O) groups is 1. The van der Waals surface area contributed by atoms with E-state index in [0.29, 0.717) is 0 Å². The second kappa shape index (κ2) is 5.37. The molecule has 0 radical (unpaired) electrons. The van der Waals surface area contributed by atoms with Crippen molar-refractivity contribution in [2.45, 2.75) is 16.2 Å². The number of carboxylic acids is 1. The molecule has 2 rings (SSSR count). The first kappa shape index (κ1) is 15.9. The Kier molecular flexibility index (Phi) is 4.06. The molecule has 0 unspecified atom stereocenters. The van der Waals surface area contributed by atoms with Crippen molar-refractivity contribution in [3.8, 4) is 0 Å². The molecule has 3 N–H and O–H groups in total. The van der Waals surface area contributed by atoms with Crippen LogP contribution in [0.4, 0.5) is 0 Å². The molecular weight excluding hydrogens is 320 g/mol. The molecular formula is C11H14N2O6S2. The van der Waals surface area contributed by atoms with Crippen LogP contribution in [0.5, 0.6) is 0 Å². The monoisotopic (exact) mass is 334 g/mol. The van der Waals surface area contributed by atoms with Crippen LogP contribution in [-0.4, -0.2) is 45.3 Å². The third kappa shape index (κ3) is 3.40. The van der Waals surface area contributed by atoms with Crippen LogP contribution in [0.1, 0.15) is 6.42 Å². The fourth-order valence-corrected chi connectivity index (χ4v) is 4.33. The van der Waals surface area contributed by atoms with Crippen molar-refractivity contribution in [3.63, 3.8) is 0 Å². The number of primary sulfonamides is 1. The highest BCUT2D eigenvalue weighted by Crippen LogP contribution is 2.27. The Morgan fingerprint density at radius 2 is 1.81 bits per heavy atom. The molecule has 1 fully saturated rings. The predicted octanol–water partition coefficient (Wildman–Crippen LogP) is -0.571. The van der Waals surface area contributed by atoms with Gasteiger partial charge in [0.05, 0.1) is 16.2 Å². The Balaban J connectivity index is 2.21. The van der Waals surface area contributed by atoms with E-state index in [1.807, 2.05) is 0 Å². The molecule has 0 aliphatic carbocycles. The van der Waals surface area contributed by atoms with Crippen LogP contribution in [0, 0.1) is 5.92 Å². The molecule has 1 aliphatic heterocycles. The number of nitrogens with zero attached hydrogens (tertiary/aromatic N) is 1. The Bertz CT molecular complexity index is 766. The Labute approximate surface area is 122 Å². The molecule has 1 heterocycles. The summed E-state index contributed by atoms with van der Waals surface area (Å²) in [6.07, 6.45) is -0.0940. The number of hydrogen-bond acceptors (Lipinski definition) is 5. The summed E-state index contributed by atoms with van der Waals surface area (Å²) >= 11 is 0. The quantitative estimate of drug-likeness (QED) is 0.740. The summed E-state index contributed by atoms with van der Waals surface area (Å²) in [5.41, 5.74) is 0. The lowest BCUT2D eigenvalue weighted by atomic mass is 10.00. The summed E-state index contributed by atoms with van der Waals surface area (Å²) in [4.78, 5) is 10.1. The standard InChI is InChI=1S/C11H14N2O6S2/c12-20(16,17)9-2-1-3-10(5-9)21(18,19)13-6-8(7-13)4-11(14)15/h1-3,5,8H,4,6-7H2,(H,14,15)(H2,12,16,17). The third-order valence-electron chi connectivity index (χ3n) is 3.16. The van der Waals surface area contributed by atoms with Crippen LogP contribution in [0.15, 0.2) is 34.1 Å². The van der Waals surface area contributed by atoms with Crippen LogP contribution in [0.3, 0.4) is 0 Å². The van der Waals surface area contributed by atoms with E-state index < -0.39 is 26.0 Å². The lowest BCUT2D eigenvalue weighted by Gasteiger charge is -2.37. The molecule has 0 amide bonds. The maximum Gasteiger partial charge on any atom is 0.303 e. The van der Waals surface area contributed by atoms with Crippen molar-refractivity contribution in [1.29, 1.82) is 0 Å². The summed E-state index contributed by atoms with van der Waals surface area (Å²) in [5, 5.41) is 13.6. The van der Waals surface area contributed by atoms with Crippen molar-refractivity contribution in [1.82, 2.24) is 4.31 Å². The van der Waals surface area contributed by atoms with Crippen LogP contribution in [0.2, 0.25) is 0 Å². The van der Waals surface area contributed by atoms with E-state index in [4.69, 9.17) is 10.2 Å². The van der Waals surface area contributed by atoms with E-state index in [-0.39, 0.29) is 35.2 Å². The number of carboxylic acid groups (broad SMARTS) is 1. The zero-order chi connectivity index (χ0) is 15.8. The zero-order valence-corrected chi connectivity index (χ0v) is 12.5. The number of rotatable bonds is 5. The molecule has 0 spiro atoms. The molecule has 1 aromatic rings. The molecule has 0 bridgehead atoms. The van der Waals surface area contributed by atoms with Gasteiger partial charge in [-0.05, 0) is 24.1 Å².